The van der Waals surface area contributed by atoms with Gasteiger partial charge in [-0.15, -0.1) is 11.8 Å². The first-order valence-electron chi connectivity index (χ1n) is 12.7. The van der Waals surface area contributed by atoms with Gasteiger partial charge in [0.15, 0.2) is 0 Å². The molecule has 37 heavy (non-hydrogen) atoms. The molecule has 0 aromatic carbocycles. The molecule has 1 atom stereocenters. The van der Waals surface area contributed by atoms with Gasteiger partial charge in [0.1, 0.15) is 17.3 Å². The number of hydrogen-bond acceptors (Lipinski definition) is 10. The fourth-order valence-electron chi connectivity index (χ4n) is 2.87. The van der Waals surface area contributed by atoms with Crippen LogP contribution in [0, 0.1) is 5.92 Å². The van der Waals surface area contributed by atoms with E-state index < -0.39 is 0 Å². The van der Waals surface area contributed by atoms with E-state index in [0.717, 1.165) is 0 Å². The minimum Gasteiger partial charge on any atom is -0.379 e. The van der Waals surface area contributed by atoms with Crippen LogP contribution in [0.25, 0.3) is 0 Å². The summed E-state index contributed by atoms with van der Waals surface area (Å²) in [6.07, 6.45) is 3.48. The average molecular weight is 551 g/mol. The highest BCUT2D eigenvalue weighted by molar-refractivity contribution is 8.01. The van der Waals surface area contributed by atoms with Crippen LogP contribution in [0.5, 0.6) is 0 Å². The zero-order chi connectivity index (χ0) is 27.6. The number of Topliss-reactive ketones (excluding diaryl/α,β-unsaturated/α-hetero) is 3. The van der Waals surface area contributed by atoms with E-state index in [4.69, 9.17) is 28.5 Å². The maximum Gasteiger partial charge on any atom is 0.373 e. The molecule has 10 heteroatoms. The molecule has 0 aliphatic heterocycles. The second kappa shape index (κ2) is 29.1. The summed E-state index contributed by atoms with van der Waals surface area (Å²) in [5, 5.41) is 0.446. The Hall–Kier alpha value is -1.42. The van der Waals surface area contributed by atoms with Crippen molar-refractivity contribution < 1.29 is 42.9 Å². The van der Waals surface area contributed by atoms with Gasteiger partial charge in [-0.2, -0.15) is 9.59 Å². The van der Waals surface area contributed by atoms with Crippen LogP contribution in [0.2, 0.25) is 0 Å². The smallest absolute Gasteiger partial charge is 0.373 e. The van der Waals surface area contributed by atoms with Crippen molar-refractivity contribution in [3.8, 4) is 0 Å². The van der Waals surface area contributed by atoms with Crippen LogP contribution in [0.15, 0.2) is 0 Å². The molecule has 9 nitrogen and oxygen atoms in total. The van der Waals surface area contributed by atoms with Gasteiger partial charge >= 0.3 is 6.15 Å². The average Bonchev–Trinajstić information content (AvgIpc) is 2.81. The Morgan fingerprint density at radius 2 is 1.05 bits per heavy atom. The highest BCUT2D eigenvalue weighted by atomic mass is 32.2. The second-order valence-electron chi connectivity index (χ2n) is 8.69. The largest absolute Gasteiger partial charge is 0.379 e. The Bertz CT molecular complexity index is 603. The van der Waals surface area contributed by atoms with Crippen LogP contribution in [0.1, 0.15) is 80.6 Å². The topological polar surface area (TPSA) is 122 Å². The van der Waals surface area contributed by atoms with Gasteiger partial charge in [0.2, 0.25) is 0 Å². The molecule has 0 rings (SSSR count). The predicted molar refractivity (Wildman–Crippen MR) is 145 cm³/mol. The number of hydrogen-bond donors (Lipinski definition) is 0. The quantitative estimate of drug-likeness (QED) is 0.160. The summed E-state index contributed by atoms with van der Waals surface area (Å²) in [5.41, 5.74) is 0. The number of rotatable bonds is 24. The van der Waals surface area contributed by atoms with Gasteiger partial charge in [0.25, 0.3) is 0 Å². The van der Waals surface area contributed by atoms with Gasteiger partial charge in [-0.3, -0.25) is 14.4 Å². The molecule has 0 aliphatic carbocycles. The zero-order valence-corrected chi connectivity index (χ0v) is 23.5. The van der Waals surface area contributed by atoms with Crippen molar-refractivity contribution in [3.63, 3.8) is 0 Å². The number of ether oxygens (including phenoxy) is 4. The summed E-state index contributed by atoms with van der Waals surface area (Å²) in [6.45, 7) is 13.8. The van der Waals surface area contributed by atoms with E-state index in [1.54, 1.807) is 11.8 Å². The number of carbonyl (C=O) groups excluding carboxylic acids is 5. The van der Waals surface area contributed by atoms with Crippen molar-refractivity contribution in [3.05, 3.63) is 0 Å². The minimum absolute atomic E-state index is 0. The fraction of sp³-hybridized carbons (Fsp3) is 0.852. The van der Waals surface area contributed by atoms with Crippen molar-refractivity contribution in [2.24, 2.45) is 5.92 Å². The lowest BCUT2D eigenvalue weighted by molar-refractivity contribution is -0.191. The van der Waals surface area contributed by atoms with Crippen LogP contribution in [0.3, 0.4) is 0 Å². The minimum atomic E-state index is 0. The third-order valence-electron chi connectivity index (χ3n) is 4.81. The second-order valence-corrected chi connectivity index (χ2v) is 10.6. The fourth-order valence-corrected chi connectivity index (χ4v) is 3.95. The summed E-state index contributed by atoms with van der Waals surface area (Å²) in [6, 6.07) is 0. The first-order chi connectivity index (χ1) is 17.1. The van der Waals surface area contributed by atoms with E-state index >= 15 is 0 Å². The molecule has 0 amide bonds. The van der Waals surface area contributed by atoms with Crippen LogP contribution in [-0.4, -0.2) is 86.9 Å². The van der Waals surface area contributed by atoms with E-state index in [1.807, 2.05) is 20.8 Å². The van der Waals surface area contributed by atoms with E-state index in [2.05, 4.69) is 13.8 Å². The molecule has 0 heterocycles. The Morgan fingerprint density at radius 3 is 1.51 bits per heavy atom. The maximum atomic E-state index is 12.0. The van der Waals surface area contributed by atoms with Crippen LogP contribution in [-0.2, 0) is 42.9 Å². The molecule has 0 saturated carbocycles. The van der Waals surface area contributed by atoms with Crippen molar-refractivity contribution in [1.82, 2.24) is 0 Å². The van der Waals surface area contributed by atoms with Crippen molar-refractivity contribution in [2.45, 2.75) is 91.1 Å². The van der Waals surface area contributed by atoms with Crippen molar-refractivity contribution >= 4 is 35.3 Å². The molecule has 0 aromatic rings. The van der Waals surface area contributed by atoms with Crippen LogP contribution in [0.4, 0.5) is 0 Å². The lowest BCUT2D eigenvalue weighted by Crippen LogP contribution is -2.15. The molecular formula is C27H50O9S. The van der Waals surface area contributed by atoms with E-state index in [9.17, 15) is 14.4 Å². The predicted octanol–water partition coefficient (Wildman–Crippen LogP) is 4.34. The van der Waals surface area contributed by atoms with Crippen LogP contribution >= 0.6 is 11.8 Å². The monoisotopic (exact) mass is 550 g/mol. The highest BCUT2D eigenvalue weighted by Gasteiger charge is 2.15. The van der Waals surface area contributed by atoms with Gasteiger partial charge in [-0.25, -0.2) is 0 Å². The molecule has 1 unspecified atom stereocenters. The highest BCUT2D eigenvalue weighted by Crippen LogP contribution is 2.19. The third-order valence-corrected chi connectivity index (χ3v) is 6.02. The molecule has 0 spiro atoms. The number of ketones is 3. The van der Waals surface area contributed by atoms with Gasteiger partial charge in [-0.1, -0.05) is 35.1 Å². The Labute approximate surface area is 228 Å². The Morgan fingerprint density at radius 1 is 0.622 bits per heavy atom. The third kappa shape index (κ3) is 30.7. The normalized spacial score (nSPS) is 11.3. The number of carbonyl (C=O) groups is 3. The Kier molecular flexibility index (Phi) is 31.6. The molecule has 0 radical (unpaired) electrons. The van der Waals surface area contributed by atoms with Gasteiger partial charge in [-0.05, 0) is 25.0 Å². The van der Waals surface area contributed by atoms with Gasteiger partial charge < -0.3 is 18.9 Å². The summed E-state index contributed by atoms with van der Waals surface area (Å²) in [5.74, 6) is 0.703. The maximum absolute atomic E-state index is 12.0. The summed E-state index contributed by atoms with van der Waals surface area (Å²) < 4.78 is 21.7. The zero-order valence-electron chi connectivity index (χ0n) is 22.7. The molecule has 0 N–H and O–H groups in total. The molecule has 0 aromatic heterocycles. The summed E-state index contributed by atoms with van der Waals surface area (Å²) >= 11 is 1.67. The summed E-state index contributed by atoms with van der Waals surface area (Å²) in [7, 11) is 0. The molecule has 0 saturated heterocycles. The lowest BCUT2D eigenvalue weighted by Gasteiger charge is -2.12. The number of thioether (sulfide) groups is 1. The van der Waals surface area contributed by atoms with E-state index in [0.29, 0.717) is 96.6 Å². The first kappa shape index (κ1) is 40.1. The van der Waals surface area contributed by atoms with E-state index in [1.165, 1.54) is 0 Å². The molecule has 218 valence electrons. The molecule has 0 bridgehead atoms. The van der Waals surface area contributed by atoms with Crippen LogP contribution < -0.4 is 0 Å². The van der Waals surface area contributed by atoms with Crippen molar-refractivity contribution in [1.29, 1.82) is 0 Å². The first-order valence-corrected chi connectivity index (χ1v) is 13.6. The van der Waals surface area contributed by atoms with Crippen molar-refractivity contribution in [2.75, 3.05) is 52.9 Å². The lowest BCUT2D eigenvalue weighted by atomic mass is 10.1. The van der Waals surface area contributed by atoms with Gasteiger partial charge in [0.05, 0.1) is 51.5 Å². The molecule has 0 aliphatic rings. The molecule has 0 fully saturated rings. The summed E-state index contributed by atoms with van der Waals surface area (Å²) in [4.78, 5) is 51.6. The van der Waals surface area contributed by atoms with Gasteiger partial charge in [0, 0.05) is 38.2 Å². The van der Waals surface area contributed by atoms with E-state index in [-0.39, 0.29) is 42.1 Å². The molecular weight excluding hydrogens is 500 g/mol. The Balaban J connectivity index is -0.00000274. The standard InChI is InChI=1S/C25H46O7S.CO2.CH4/c1-20(2)24(27)11-13-30-15-17-32-19-18-31-16-14-29-12-7-9-23(26)8-6-10-25(28)22(5)33-21(3)4;2-1-3;/h20-22H,6-19H2,1-5H3;;1H4. The SMILES string of the molecule is C.CC(C)SC(C)C(=O)CCCC(=O)CCCOCCOCCOCCOCCC(=O)C(C)C.O=C=O.